The number of rotatable bonds is 5. The van der Waals surface area contributed by atoms with Gasteiger partial charge in [-0.25, -0.2) is 4.39 Å². The summed E-state index contributed by atoms with van der Waals surface area (Å²) < 4.78 is 41.5. The van der Waals surface area contributed by atoms with Gasteiger partial charge in [0.15, 0.2) is 0 Å². The maximum atomic E-state index is 13.7. The molecule has 21 heavy (non-hydrogen) atoms. The number of halogens is 1. The Morgan fingerprint density at radius 2 is 1.76 bits per heavy atom. The Balaban J connectivity index is 2.09. The van der Waals surface area contributed by atoms with Crippen LogP contribution in [-0.2, 0) is 16.8 Å². The summed E-state index contributed by atoms with van der Waals surface area (Å²) in [5.41, 5.74) is 0.389. The summed E-state index contributed by atoms with van der Waals surface area (Å²) in [5.74, 6) is -0.375. The Hall–Kier alpha value is -0.980. The van der Waals surface area contributed by atoms with E-state index in [-0.39, 0.29) is 18.4 Å². The van der Waals surface area contributed by atoms with Gasteiger partial charge in [-0.15, -0.1) is 0 Å². The molecule has 6 heteroatoms. The van der Waals surface area contributed by atoms with E-state index >= 15 is 0 Å². The highest BCUT2D eigenvalue weighted by Crippen LogP contribution is 2.25. The normalized spacial score (nSPS) is 17.6. The minimum Gasteiger partial charge on any atom is -0.207 e. The minimum absolute atomic E-state index is 0.0477. The fourth-order valence-corrected chi connectivity index (χ4v) is 4.13. The fraction of sp³-hybridized carbons (Fsp3) is 0.600. The van der Waals surface area contributed by atoms with Gasteiger partial charge in [0.25, 0.3) is 10.2 Å². The highest BCUT2D eigenvalue weighted by Gasteiger charge is 2.31. The smallest absolute Gasteiger partial charge is 0.207 e. The summed E-state index contributed by atoms with van der Waals surface area (Å²) in [4.78, 5) is 0. The summed E-state index contributed by atoms with van der Waals surface area (Å²) in [6.07, 6.45) is 5.13. The van der Waals surface area contributed by atoms with E-state index in [4.69, 9.17) is 0 Å². The summed E-state index contributed by atoms with van der Waals surface area (Å²) in [7, 11) is -0.424. The summed E-state index contributed by atoms with van der Waals surface area (Å²) in [5, 5.41) is 0. The van der Waals surface area contributed by atoms with Crippen LogP contribution in [0.2, 0.25) is 0 Å². The van der Waals surface area contributed by atoms with Crippen molar-refractivity contribution in [1.29, 1.82) is 0 Å². The number of hydrogen-bond acceptors (Lipinski definition) is 2. The molecule has 0 atom stereocenters. The molecule has 0 heterocycles. The van der Waals surface area contributed by atoms with E-state index in [1.807, 2.05) is 0 Å². The van der Waals surface area contributed by atoms with Crippen LogP contribution in [0.15, 0.2) is 24.3 Å². The van der Waals surface area contributed by atoms with Crippen molar-refractivity contribution >= 4 is 10.2 Å². The lowest BCUT2D eigenvalue weighted by molar-refractivity contribution is 0.267. The molecule has 0 spiro atoms. The molecule has 1 aromatic carbocycles. The van der Waals surface area contributed by atoms with Gasteiger partial charge in [-0.1, -0.05) is 37.5 Å². The Kier molecular flexibility index (Phi) is 5.35. The van der Waals surface area contributed by atoms with Gasteiger partial charge in [-0.05, 0) is 18.9 Å². The van der Waals surface area contributed by atoms with Crippen molar-refractivity contribution in [3.8, 4) is 0 Å². The predicted molar refractivity (Wildman–Crippen MR) is 81.4 cm³/mol. The van der Waals surface area contributed by atoms with E-state index in [1.54, 1.807) is 25.2 Å². The van der Waals surface area contributed by atoms with Gasteiger partial charge >= 0.3 is 0 Å². The van der Waals surface area contributed by atoms with Gasteiger partial charge in [0.1, 0.15) is 5.82 Å². The molecular weight excluding hydrogens is 291 g/mol. The molecule has 1 aromatic rings. The predicted octanol–water partition coefficient (Wildman–Crippen LogP) is 2.77. The molecule has 0 bridgehead atoms. The van der Waals surface area contributed by atoms with Crippen LogP contribution in [0.5, 0.6) is 0 Å². The summed E-state index contributed by atoms with van der Waals surface area (Å²) in [6, 6.07) is 6.33. The van der Waals surface area contributed by atoms with Crippen molar-refractivity contribution in [3.05, 3.63) is 35.6 Å². The van der Waals surface area contributed by atoms with Crippen molar-refractivity contribution in [2.24, 2.45) is 0 Å². The molecule has 0 radical (unpaired) electrons. The molecule has 4 nitrogen and oxygen atoms in total. The molecule has 1 fully saturated rings. The molecule has 0 N–H and O–H groups in total. The van der Waals surface area contributed by atoms with Crippen LogP contribution in [0, 0.1) is 5.82 Å². The fourth-order valence-electron chi connectivity index (χ4n) is 2.80. The van der Waals surface area contributed by atoms with Crippen molar-refractivity contribution in [1.82, 2.24) is 8.61 Å². The maximum absolute atomic E-state index is 13.7. The lowest BCUT2D eigenvalue weighted by Gasteiger charge is -2.33. The molecule has 0 aromatic heterocycles. The van der Waals surface area contributed by atoms with Crippen LogP contribution >= 0.6 is 0 Å². The zero-order valence-electron chi connectivity index (χ0n) is 12.6. The van der Waals surface area contributed by atoms with Gasteiger partial charge in [-0.2, -0.15) is 17.0 Å². The van der Waals surface area contributed by atoms with Crippen molar-refractivity contribution in [2.45, 2.75) is 44.7 Å². The largest absolute Gasteiger partial charge is 0.282 e. The van der Waals surface area contributed by atoms with E-state index in [0.29, 0.717) is 5.56 Å². The average Bonchev–Trinajstić information content (AvgIpc) is 2.49. The molecule has 2 rings (SSSR count). The van der Waals surface area contributed by atoms with E-state index in [9.17, 15) is 12.8 Å². The molecule has 0 saturated heterocycles. The third-order valence-electron chi connectivity index (χ3n) is 4.20. The zero-order chi connectivity index (χ0) is 15.5. The van der Waals surface area contributed by atoms with E-state index < -0.39 is 10.2 Å². The first kappa shape index (κ1) is 16.4. The van der Waals surface area contributed by atoms with Gasteiger partial charge in [0.2, 0.25) is 0 Å². The van der Waals surface area contributed by atoms with Crippen LogP contribution < -0.4 is 0 Å². The van der Waals surface area contributed by atoms with Crippen LogP contribution in [0.3, 0.4) is 0 Å². The Bertz CT molecular complexity index is 571. The molecule has 0 unspecified atom stereocenters. The Morgan fingerprint density at radius 3 is 2.38 bits per heavy atom. The lowest BCUT2D eigenvalue weighted by Crippen LogP contribution is -2.45. The van der Waals surface area contributed by atoms with E-state index in [2.05, 4.69) is 0 Å². The third-order valence-corrected chi connectivity index (χ3v) is 6.14. The standard InChI is InChI=1S/C15H23FN2O2S/c1-17(12-13-8-6-7-11-15(13)16)21(19,20)18(2)14-9-4-3-5-10-14/h6-8,11,14H,3-5,9-10,12H2,1-2H3. The molecule has 118 valence electrons. The van der Waals surface area contributed by atoms with Crippen LogP contribution in [0.1, 0.15) is 37.7 Å². The highest BCUT2D eigenvalue weighted by molar-refractivity contribution is 7.86. The quantitative estimate of drug-likeness (QED) is 0.838. The second-order valence-electron chi connectivity index (χ2n) is 5.66. The van der Waals surface area contributed by atoms with E-state index in [1.165, 1.54) is 28.1 Å². The van der Waals surface area contributed by atoms with Crippen LogP contribution in [0.4, 0.5) is 4.39 Å². The topological polar surface area (TPSA) is 40.6 Å². The van der Waals surface area contributed by atoms with Crippen molar-refractivity contribution in [2.75, 3.05) is 14.1 Å². The SMILES string of the molecule is CN(Cc1ccccc1F)S(=O)(=O)N(C)C1CCCCC1. The first-order chi connectivity index (χ1) is 9.93. The average molecular weight is 314 g/mol. The van der Waals surface area contributed by atoms with Gasteiger partial charge in [0.05, 0.1) is 0 Å². The van der Waals surface area contributed by atoms with Gasteiger partial charge in [0, 0.05) is 32.2 Å². The molecular formula is C15H23FN2O2S. The number of nitrogens with zero attached hydrogens (tertiary/aromatic N) is 2. The molecule has 1 aliphatic rings. The second kappa shape index (κ2) is 6.85. The van der Waals surface area contributed by atoms with E-state index in [0.717, 1.165) is 25.7 Å². The molecule has 1 saturated carbocycles. The molecule has 0 amide bonds. The van der Waals surface area contributed by atoms with Gasteiger partial charge in [-0.3, -0.25) is 0 Å². The van der Waals surface area contributed by atoms with Gasteiger partial charge < -0.3 is 0 Å². The summed E-state index contributed by atoms with van der Waals surface area (Å²) >= 11 is 0. The third kappa shape index (κ3) is 3.81. The lowest BCUT2D eigenvalue weighted by atomic mass is 9.96. The first-order valence-corrected chi connectivity index (χ1v) is 8.75. The molecule has 0 aliphatic heterocycles. The van der Waals surface area contributed by atoms with Crippen LogP contribution in [-0.4, -0.2) is 37.2 Å². The monoisotopic (exact) mass is 314 g/mol. The Labute approximate surface area is 126 Å². The highest BCUT2D eigenvalue weighted by atomic mass is 32.2. The number of benzene rings is 1. The van der Waals surface area contributed by atoms with Crippen molar-refractivity contribution < 1.29 is 12.8 Å². The van der Waals surface area contributed by atoms with Crippen molar-refractivity contribution in [3.63, 3.8) is 0 Å². The second-order valence-corrected chi connectivity index (χ2v) is 7.76. The summed E-state index contributed by atoms with van der Waals surface area (Å²) in [6.45, 7) is 0.0477. The first-order valence-electron chi connectivity index (χ1n) is 7.35. The zero-order valence-corrected chi connectivity index (χ0v) is 13.4. The number of hydrogen-bond donors (Lipinski definition) is 0. The molecule has 1 aliphatic carbocycles. The van der Waals surface area contributed by atoms with Crippen LogP contribution in [0.25, 0.3) is 0 Å². The maximum Gasteiger partial charge on any atom is 0.282 e. The Morgan fingerprint density at radius 1 is 1.14 bits per heavy atom. The minimum atomic E-state index is -3.55.